The summed E-state index contributed by atoms with van der Waals surface area (Å²) in [5.74, 6) is 1.38. The van der Waals surface area contributed by atoms with Crippen molar-refractivity contribution in [1.29, 1.82) is 0 Å². The Morgan fingerprint density at radius 1 is 1.48 bits per heavy atom. The van der Waals surface area contributed by atoms with Crippen molar-refractivity contribution in [2.75, 3.05) is 18.4 Å². The number of amides is 1. The first kappa shape index (κ1) is 14.8. The molecule has 2 aliphatic rings. The summed E-state index contributed by atoms with van der Waals surface area (Å²) in [7, 11) is 0. The summed E-state index contributed by atoms with van der Waals surface area (Å²) in [6.45, 7) is 5.61. The number of nitrogens with zero attached hydrogens (tertiary/aromatic N) is 3. The maximum Gasteiger partial charge on any atom is 0.297 e. The first-order valence-electron chi connectivity index (χ1n) is 7.98. The fourth-order valence-corrected chi connectivity index (χ4v) is 3.78. The molecule has 1 aliphatic heterocycles. The largest absolute Gasteiger partial charge is 0.422 e. The van der Waals surface area contributed by atoms with Crippen LogP contribution in [0.5, 0.6) is 0 Å². The lowest BCUT2D eigenvalue weighted by molar-refractivity contribution is -0.133. The third-order valence-electron chi connectivity index (χ3n) is 4.89. The molecule has 0 aromatic carbocycles. The van der Waals surface area contributed by atoms with E-state index in [-0.39, 0.29) is 11.8 Å². The highest BCUT2D eigenvalue weighted by Gasteiger charge is 2.48. The van der Waals surface area contributed by atoms with Crippen LogP contribution in [0.4, 0.5) is 6.01 Å². The van der Waals surface area contributed by atoms with Crippen LogP contribution in [0.1, 0.15) is 20.3 Å². The molecule has 3 unspecified atom stereocenters. The van der Waals surface area contributed by atoms with Gasteiger partial charge in [0.2, 0.25) is 11.6 Å². The fourth-order valence-electron chi connectivity index (χ4n) is 3.63. The molecule has 1 aliphatic carbocycles. The Balaban J connectivity index is 1.43. The molecular formula is C16H19ClN4O2. The topological polar surface area (TPSA) is 71.3 Å². The number of carbonyl (C=O) groups is 1. The Hall–Kier alpha value is -1.82. The summed E-state index contributed by atoms with van der Waals surface area (Å²) in [6.07, 6.45) is 2.60. The number of likely N-dealkylation sites (tertiary alicyclic amines) is 1. The van der Waals surface area contributed by atoms with Crippen LogP contribution >= 0.6 is 11.6 Å². The van der Waals surface area contributed by atoms with Gasteiger partial charge in [-0.2, -0.15) is 4.98 Å². The predicted molar refractivity (Wildman–Crippen MR) is 87.2 cm³/mol. The van der Waals surface area contributed by atoms with Gasteiger partial charge in [-0.05, 0) is 12.3 Å². The van der Waals surface area contributed by atoms with Crippen LogP contribution in [0.25, 0.3) is 11.2 Å². The van der Waals surface area contributed by atoms with E-state index in [1.165, 1.54) is 0 Å². The zero-order valence-electron chi connectivity index (χ0n) is 13.1. The van der Waals surface area contributed by atoms with Crippen LogP contribution in [0.15, 0.2) is 16.7 Å². The Morgan fingerprint density at radius 2 is 2.30 bits per heavy atom. The monoisotopic (exact) mass is 334 g/mol. The molecule has 122 valence electrons. The molecule has 0 bridgehead atoms. The summed E-state index contributed by atoms with van der Waals surface area (Å²) < 4.78 is 5.67. The smallest absolute Gasteiger partial charge is 0.297 e. The molecule has 1 saturated carbocycles. The number of carbonyl (C=O) groups excluding carboxylic acids is 1. The highest BCUT2D eigenvalue weighted by molar-refractivity contribution is 6.30. The molecule has 6 nitrogen and oxygen atoms in total. The lowest BCUT2D eigenvalue weighted by atomic mass is 9.71. The lowest BCUT2D eigenvalue weighted by Crippen LogP contribution is -2.45. The Morgan fingerprint density at radius 3 is 3.09 bits per heavy atom. The molecule has 1 amide bonds. The molecule has 2 aromatic rings. The van der Waals surface area contributed by atoms with E-state index in [1.54, 1.807) is 12.3 Å². The Kier molecular flexibility index (Phi) is 3.44. The second-order valence-corrected chi connectivity index (χ2v) is 7.24. The summed E-state index contributed by atoms with van der Waals surface area (Å²) in [4.78, 5) is 22.6. The average molecular weight is 335 g/mol. The van der Waals surface area contributed by atoms with Crippen LogP contribution in [-0.2, 0) is 4.79 Å². The highest BCUT2D eigenvalue weighted by atomic mass is 35.5. The highest BCUT2D eigenvalue weighted by Crippen LogP contribution is 2.42. The molecule has 2 fully saturated rings. The Labute approximate surface area is 139 Å². The number of halogens is 1. The van der Waals surface area contributed by atoms with Gasteiger partial charge in [0.05, 0.1) is 5.02 Å². The Bertz CT molecular complexity index is 760. The van der Waals surface area contributed by atoms with Gasteiger partial charge in [-0.3, -0.25) is 4.79 Å². The van der Waals surface area contributed by atoms with E-state index in [0.29, 0.717) is 40.1 Å². The van der Waals surface area contributed by atoms with Gasteiger partial charge in [-0.25, -0.2) is 4.98 Å². The van der Waals surface area contributed by atoms with Gasteiger partial charge in [0, 0.05) is 43.2 Å². The number of rotatable bonds is 3. The van der Waals surface area contributed by atoms with Crippen molar-refractivity contribution in [3.8, 4) is 0 Å². The second-order valence-electron chi connectivity index (χ2n) is 6.80. The van der Waals surface area contributed by atoms with Crippen LogP contribution < -0.4 is 5.32 Å². The summed E-state index contributed by atoms with van der Waals surface area (Å²) in [6, 6.07) is 2.49. The van der Waals surface area contributed by atoms with Gasteiger partial charge in [-0.1, -0.05) is 25.4 Å². The second kappa shape index (κ2) is 5.37. The maximum atomic E-state index is 12.1. The predicted octanol–water partition coefficient (Wildman–Crippen LogP) is 2.79. The zero-order chi connectivity index (χ0) is 16.1. The van der Waals surface area contributed by atoms with E-state index in [2.05, 4.69) is 15.3 Å². The van der Waals surface area contributed by atoms with Crippen LogP contribution in [0.2, 0.25) is 5.02 Å². The molecule has 2 aromatic heterocycles. The van der Waals surface area contributed by atoms with Crippen molar-refractivity contribution in [1.82, 2.24) is 14.9 Å². The first-order valence-corrected chi connectivity index (χ1v) is 8.36. The zero-order valence-corrected chi connectivity index (χ0v) is 13.9. The minimum atomic E-state index is 0.0618. The number of nitrogens with one attached hydrogen (secondary N) is 1. The van der Waals surface area contributed by atoms with Crippen molar-refractivity contribution < 1.29 is 9.21 Å². The number of aromatic nitrogens is 2. The molecule has 3 atom stereocenters. The van der Waals surface area contributed by atoms with Crippen LogP contribution in [0.3, 0.4) is 0 Å². The third-order valence-corrected chi connectivity index (χ3v) is 5.10. The van der Waals surface area contributed by atoms with Gasteiger partial charge in [-0.15, -0.1) is 0 Å². The van der Waals surface area contributed by atoms with Crippen molar-refractivity contribution in [3.05, 3.63) is 17.3 Å². The summed E-state index contributed by atoms with van der Waals surface area (Å²) in [5, 5.41) is 3.88. The lowest BCUT2D eigenvalue weighted by Gasteiger charge is -2.39. The van der Waals surface area contributed by atoms with Crippen LogP contribution in [0, 0.1) is 17.8 Å². The van der Waals surface area contributed by atoms with Gasteiger partial charge < -0.3 is 14.6 Å². The first-order chi connectivity index (χ1) is 11.0. The molecular weight excluding hydrogens is 316 g/mol. The molecule has 23 heavy (non-hydrogen) atoms. The minimum Gasteiger partial charge on any atom is -0.422 e. The summed E-state index contributed by atoms with van der Waals surface area (Å²) in [5.41, 5.74) is 1.13. The maximum absolute atomic E-state index is 12.1. The van der Waals surface area contributed by atoms with Crippen molar-refractivity contribution in [2.24, 2.45) is 17.8 Å². The molecule has 3 heterocycles. The standard InChI is InChI=1S/C16H19ClN4O2/c1-8(2)15(22)21-6-9-3-12(11(9)7-21)19-16-20-14-13(23-16)4-10(17)5-18-14/h4-5,8-9,11-12H,3,6-7H2,1-2H3,(H,18,19,20). The van der Waals surface area contributed by atoms with Gasteiger partial charge in [0.15, 0.2) is 5.58 Å². The third kappa shape index (κ3) is 2.55. The SMILES string of the molecule is CC(C)C(=O)N1CC2CC(Nc3nc4ncc(Cl)cc4o3)C2C1. The number of fused-ring (bicyclic) bond motifs is 2. The molecule has 0 spiro atoms. The molecule has 7 heteroatoms. The van der Waals surface area contributed by atoms with E-state index in [0.717, 1.165) is 19.5 Å². The van der Waals surface area contributed by atoms with E-state index < -0.39 is 0 Å². The average Bonchev–Trinajstić information content (AvgIpc) is 3.04. The van der Waals surface area contributed by atoms with Crippen molar-refractivity contribution in [3.63, 3.8) is 0 Å². The number of anilines is 1. The van der Waals surface area contributed by atoms with Crippen LogP contribution in [-0.4, -0.2) is 39.9 Å². The van der Waals surface area contributed by atoms with E-state index in [1.807, 2.05) is 18.7 Å². The molecule has 0 radical (unpaired) electrons. The molecule has 1 N–H and O–H groups in total. The van der Waals surface area contributed by atoms with Gasteiger partial charge in [0.1, 0.15) is 0 Å². The molecule has 4 rings (SSSR count). The van der Waals surface area contributed by atoms with Gasteiger partial charge in [0.25, 0.3) is 6.01 Å². The van der Waals surface area contributed by atoms with Gasteiger partial charge >= 0.3 is 0 Å². The van der Waals surface area contributed by atoms with Crippen molar-refractivity contribution in [2.45, 2.75) is 26.3 Å². The van der Waals surface area contributed by atoms with E-state index >= 15 is 0 Å². The van der Waals surface area contributed by atoms with E-state index in [4.69, 9.17) is 16.0 Å². The van der Waals surface area contributed by atoms with E-state index in [9.17, 15) is 4.79 Å². The quantitative estimate of drug-likeness (QED) is 0.934. The summed E-state index contributed by atoms with van der Waals surface area (Å²) >= 11 is 5.91. The number of hydrogen-bond acceptors (Lipinski definition) is 5. The van der Waals surface area contributed by atoms with Crippen molar-refractivity contribution >= 4 is 34.8 Å². The number of pyridine rings is 1. The molecule has 1 saturated heterocycles. The fraction of sp³-hybridized carbons (Fsp3) is 0.562. The number of oxazole rings is 1. The minimum absolute atomic E-state index is 0.0618. The normalized spacial score (nSPS) is 26.4. The number of hydrogen-bond donors (Lipinski definition) is 1.